The van der Waals surface area contributed by atoms with Gasteiger partial charge in [-0.3, -0.25) is 4.79 Å². The van der Waals surface area contributed by atoms with Gasteiger partial charge in [-0.05, 0) is 43.5 Å². The SMILES string of the molecule is Cc1nn(-c2cccc(Cl)c2)c(NC(=O)CCCC(=O)[O-])c1-c1ccccc1. The van der Waals surface area contributed by atoms with Crippen molar-refractivity contribution in [3.8, 4) is 16.8 Å². The lowest BCUT2D eigenvalue weighted by molar-refractivity contribution is -0.305. The largest absolute Gasteiger partial charge is 0.550 e. The van der Waals surface area contributed by atoms with Crippen molar-refractivity contribution in [1.29, 1.82) is 0 Å². The fourth-order valence-electron chi connectivity index (χ4n) is 2.98. The molecule has 0 spiro atoms. The molecule has 3 rings (SSSR count). The normalized spacial score (nSPS) is 10.6. The highest BCUT2D eigenvalue weighted by atomic mass is 35.5. The van der Waals surface area contributed by atoms with Crippen molar-refractivity contribution in [2.45, 2.75) is 26.2 Å². The van der Waals surface area contributed by atoms with Gasteiger partial charge < -0.3 is 15.2 Å². The molecular weight excluding hydrogens is 378 g/mol. The predicted octanol–water partition coefficient (Wildman–Crippen LogP) is 3.36. The maximum atomic E-state index is 12.4. The summed E-state index contributed by atoms with van der Waals surface area (Å²) in [5.74, 6) is -0.941. The van der Waals surface area contributed by atoms with E-state index < -0.39 is 5.97 Å². The first-order valence-electron chi connectivity index (χ1n) is 8.86. The van der Waals surface area contributed by atoms with Crippen LogP contribution in [-0.4, -0.2) is 21.7 Å². The third-order valence-corrected chi connectivity index (χ3v) is 4.45. The van der Waals surface area contributed by atoms with Gasteiger partial charge in [0.25, 0.3) is 0 Å². The minimum absolute atomic E-state index is 0.0714. The summed E-state index contributed by atoms with van der Waals surface area (Å²) in [4.78, 5) is 23.0. The van der Waals surface area contributed by atoms with Gasteiger partial charge in [-0.1, -0.05) is 48.0 Å². The van der Waals surface area contributed by atoms with E-state index in [4.69, 9.17) is 11.6 Å². The van der Waals surface area contributed by atoms with Gasteiger partial charge in [0.15, 0.2) is 0 Å². The van der Waals surface area contributed by atoms with Gasteiger partial charge in [0, 0.05) is 23.0 Å². The van der Waals surface area contributed by atoms with Gasteiger partial charge in [0.2, 0.25) is 5.91 Å². The van der Waals surface area contributed by atoms with Crippen LogP contribution in [0.25, 0.3) is 16.8 Å². The van der Waals surface area contributed by atoms with Crippen LogP contribution in [0.5, 0.6) is 0 Å². The lowest BCUT2D eigenvalue weighted by Gasteiger charge is -2.12. The summed E-state index contributed by atoms with van der Waals surface area (Å²) in [5, 5.41) is 18.6. The maximum Gasteiger partial charge on any atom is 0.225 e. The summed E-state index contributed by atoms with van der Waals surface area (Å²) in [6.07, 6.45) is 0.118. The highest BCUT2D eigenvalue weighted by Gasteiger charge is 2.20. The number of anilines is 1. The molecule has 0 aliphatic rings. The van der Waals surface area contributed by atoms with E-state index in [2.05, 4.69) is 10.4 Å². The van der Waals surface area contributed by atoms with Crippen LogP contribution in [0, 0.1) is 6.92 Å². The van der Waals surface area contributed by atoms with Gasteiger partial charge >= 0.3 is 0 Å². The van der Waals surface area contributed by atoms with Crippen molar-refractivity contribution in [1.82, 2.24) is 9.78 Å². The van der Waals surface area contributed by atoms with Crippen molar-refractivity contribution >= 4 is 29.3 Å². The molecule has 2 aromatic carbocycles. The van der Waals surface area contributed by atoms with E-state index in [1.54, 1.807) is 16.8 Å². The number of benzene rings is 2. The minimum Gasteiger partial charge on any atom is -0.550 e. The summed E-state index contributed by atoms with van der Waals surface area (Å²) in [7, 11) is 0. The lowest BCUT2D eigenvalue weighted by atomic mass is 10.1. The van der Waals surface area contributed by atoms with Gasteiger partial charge in [-0.25, -0.2) is 4.68 Å². The van der Waals surface area contributed by atoms with Crippen LogP contribution in [0.3, 0.4) is 0 Å². The van der Waals surface area contributed by atoms with Crippen LogP contribution in [0.15, 0.2) is 54.6 Å². The van der Waals surface area contributed by atoms with E-state index in [0.717, 1.165) is 16.8 Å². The Morgan fingerprint density at radius 2 is 1.86 bits per heavy atom. The van der Waals surface area contributed by atoms with Crippen molar-refractivity contribution in [2.24, 2.45) is 0 Å². The zero-order valence-corrected chi connectivity index (χ0v) is 16.1. The van der Waals surface area contributed by atoms with E-state index in [0.29, 0.717) is 16.5 Å². The second-order valence-corrected chi connectivity index (χ2v) is 6.78. The molecule has 6 nitrogen and oxygen atoms in total. The molecule has 0 fully saturated rings. The Balaban J connectivity index is 2.01. The Morgan fingerprint density at radius 1 is 1.11 bits per heavy atom. The smallest absolute Gasteiger partial charge is 0.225 e. The van der Waals surface area contributed by atoms with E-state index >= 15 is 0 Å². The molecule has 1 N–H and O–H groups in total. The molecule has 0 aliphatic carbocycles. The second-order valence-electron chi connectivity index (χ2n) is 6.34. The first-order valence-corrected chi connectivity index (χ1v) is 9.24. The molecule has 28 heavy (non-hydrogen) atoms. The third-order valence-electron chi connectivity index (χ3n) is 4.22. The minimum atomic E-state index is -1.17. The number of nitrogens with one attached hydrogen (secondary N) is 1. The van der Waals surface area contributed by atoms with Crippen LogP contribution >= 0.6 is 11.6 Å². The average Bonchev–Trinajstić information content (AvgIpc) is 2.98. The van der Waals surface area contributed by atoms with Crippen molar-refractivity contribution < 1.29 is 14.7 Å². The molecule has 3 aromatic rings. The van der Waals surface area contributed by atoms with Crippen molar-refractivity contribution in [2.75, 3.05) is 5.32 Å². The number of aryl methyl sites for hydroxylation is 1. The average molecular weight is 397 g/mol. The molecular formula is C21H19ClN3O3-. The van der Waals surface area contributed by atoms with Gasteiger partial charge in [-0.15, -0.1) is 0 Å². The molecule has 1 amide bonds. The molecule has 0 saturated heterocycles. The van der Waals surface area contributed by atoms with Crippen LogP contribution < -0.4 is 10.4 Å². The van der Waals surface area contributed by atoms with E-state index in [-0.39, 0.29) is 25.2 Å². The molecule has 1 heterocycles. The third kappa shape index (κ3) is 4.58. The number of hydrogen-bond acceptors (Lipinski definition) is 4. The molecule has 7 heteroatoms. The first kappa shape index (κ1) is 19.6. The molecule has 0 aliphatic heterocycles. The van der Waals surface area contributed by atoms with Crippen molar-refractivity contribution in [3.63, 3.8) is 0 Å². The molecule has 0 atom stereocenters. The summed E-state index contributed by atoms with van der Waals surface area (Å²) in [6.45, 7) is 1.87. The Labute approximate surface area is 167 Å². The van der Waals surface area contributed by atoms with Crippen LogP contribution in [0.2, 0.25) is 5.02 Å². The van der Waals surface area contributed by atoms with Gasteiger partial charge in [-0.2, -0.15) is 5.10 Å². The molecule has 1 aromatic heterocycles. The number of carboxylic acid groups (broad SMARTS) is 1. The second kappa shape index (κ2) is 8.71. The number of carbonyl (C=O) groups excluding carboxylic acids is 2. The number of carboxylic acids is 1. The number of halogens is 1. The first-order chi connectivity index (χ1) is 13.5. The monoisotopic (exact) mass is 396 g/mol. The fraction of sp³-hybridized carbons (Fsp3) is 0.190. The summed E-state index contributed by atoms with van der Waals surface area (Å²) in [6, 6.07) is 16.8. The van der Waals surface area contributed by atoms with Crippen LogP contribution in [0.4, 0.5) is 5.82 Å². The number of amides is 1. The van der Waals surface area contributed by atoms with Crippen molar-refractivity contribution in [3.05, 3.63) is 65.3 Å². The number of nitrogens with zero attached hydrogens (tertiary/aromatic N) is 2. The molecule has 144 valence electrons. The lowest BCUT2D eigenvalue weighted by Crippen LogP contribution is -2.22. The zero-order valence-electron chi connectivity index (χ0n) is 15.3. The van der Waals surface area contributed by atoms with Crippen LogP contribution in [-0.2, 0) is 9.59 Å². The fourth-order valence-corrected chi connectivity index (χ4v) is 3.16. The number of carbonyl (C=O) groups is 2. The van der Waals surface area contributed by atoms with E-state index in [1.165, 1.54) is 0 Å². The number of rotatable bonds is 7. The Hall–Kier alpha value is -3.12. The molecule has 0 bridgehead atoms. The predicted molar refractivity (Wildman–Crippen MR) is 106 cm³/mol. The Bertz CT molecular complexity index is 999. The highest BCUT2D eigenvalue weighted by Crippen LogP contribution is 2.34. The summed E-state index contributed by atoms with van der Waals surface area (Å²) in [5.41, 5.74) is 3.17. The topological polar surface area (TPSA) is 87.0 Å². The molecule has 0 radical (unpaired) electrons. The van der Waals surface area contributed by atoms with E-state index in [9.17, 15) is 14.7 Å². The number of aliphatic carboxylic acids is 1. The molecule has 0 unspecified atom stereocenters. The van der Waals surface area contributed by atoms with Gasteiger partial charge in [0.05, 0.1) is 11.4 Å². The molecule has 0 saturated carbocycles. The zero-order chi connectivity index (χ0) is 20.1. The summed E-state index contributed by atoms with van der Waals surface area (Å²) >= 11 is 6.12. The quantitative estimate of drug-likeness (QED) is 0.663. The standard InChI is InChI=1S/C21H20ClN3O3/c1-14-20(15-7-3-2-4-8-15)21(23-18(26)11-6-12-19(27)28)25(24-14)17-10-5-9-16(22)13-17/h2-5,7-10,13H,6,11-12H2,1H3,(H,23,26)(H,27,28)/p-1. The highest BCUT2D eigenvalue weighted by molar-refractivity contribution is 6.30. The van der Waals surface area contributed by atoms with Gasteiger partial charge in [0.1, 0.15) is 5.82 Å². The Kier molecular flexibility index (Phi) is 6.11. The maximum absolute atomic E-state index is 12.4. The Morgan fingerprint density at radius 3 is 2.54 bits per heavy atom. The van der Waals surface area contributed by atoms with E-state index in [1.807, 2.05) is 49.4 Å². The number of hydrogen-bond donors (Lipinski definition) is 1. The number of aromatic nitrogens is 2. The van der Waals surface area contributed by atoms with Crippen LogP contribution in [0.1, 0.15) is 25.0 Å². The summed E-state index contributed by atoms with van der Waals surface area (Å²) < 4.78 is 1.64.